The predicted octanol–water partition coefficient (Wildman–Crippen LogP) is 1.07. The number of aromatic nitrogens is 1. The minimum absolute atomic E-state index is 0.105. The quantitative estimate of drug-likeness (QED) is 0.728. The number of carbonyl (C=O) groups excluding carboxylic acids is 2. The maximum absolute atomic E-state index is 12.1. The highest BCUT2D eigenvalue weighted by atomic mass is 16.5. The van der Waals surface area contributed by atoms with Gasteiger partial charge in [0.2, 0.25) is 0 Å². The van der Waals surface area contributed by atoms with Gasteiger partial charge >= 0.3 is 6.09 Å². The van der Waals surface area contributed by atoms with E-state index in [1.54, 1.807) is 23.2 Å². The average Bonchev–Trinajstić information content (AvgIpc) is 2.45. The Morgan fingerprint density at radius 3 is 2.70 bits per heavy atom. The van der Waals surface area contributed by atoms with Crippen LogP contribution in [0.1, 0.15) is 24.3 Å². The SMILES string of the molecule is CCN(CC)C(=O)c1cc(NCCOC(N)=O)ccn1. The minimum Gasteiger partial charge on any atom is -0.448 e. The van der Waals surface area contributed by atoms with Crippen LogP contribution in [-0.4, -0.2) is 48.1 Å². The summed E-state index contributed by atoms with van der Waals surface area (Å²) in [6.07, 6.45) is 0.757. The lowest BCUT2D eigenvalue weighted by Crippen LogP contribution is -2.31. The lowest BCUT2D eigenvalue weighted by Gasteiger charge is -2.18. The first-order valence-electron chi connectivity index (χ1n) is 6.49. The van der Waals surface area contributed by atoms with Gasteiger partial charge in [0.15, 0.2) is 0 Å². The van der Waals surface area contributed by atoms with E-state index in [2.05, 4.69) is 15.0 Å². The minimum atomic E-state index is -0.807. The van der Waals surface area contributed by atoms with Crippen molar-refractivity contribution < 1.29 is 14.3 Å². The van der Waals surface area contributed by atoms with Crippen molar-refractivity contribution in [3.63, 3.8) is 0 Å². The van der Waals surface area contributed by atoms with Crippen molar-refractivity contribution in [3.05, 3.63) is 24.0 Å². The Balaban J connectivity index is 2.61. The number of nitrogens with two attached hydrogens (primary N) is 1. The summed E-state index contributed by atoms with van der Waals surface area (Å²) in [7, 11) is 0. The van der Waals surface area contributed by atoms with Gasteiger partial charge in [-0.25, -0.2) is 4.79 Å². The predicted molar refractivity (Wildman–Crippen MR) is 75.5 cm³/mol. The lowest BCUT2D eigenvalue weighted by atomic mass is 10.2. The summed E-state index contributed by atoms with van der Waals surface area (Å²) < 4.78 is 4.60. The van der Waals surface area contributed by atoms with Gasteiger partial charge in [0.1, 0.15) is 12.3 Å². The van der Waals surface area contributed by atoms with E-state index in [1.165, 1.54) is 0 Å². The van der Waals surface area contributed by atoms with Crippen molar-refractivity contribution in [3.8, 4) is 0 Å². The zero-order chi connectivity index (χ0) is 15.0. The molecule has 20 heavy (non-hydrogen) atoms. The molecule has 0 aliphatic heterocycles. The molecule has 0 spiro atoms. The van der Waals surface area contributed by atoms with Crippen LogP contribution in [0.5, 0.6) is 0 Å². The highest BCUT2D eigenvalue weighted by molar-refractivity contribution is 5.93. The molecule has 0 radical (unpaired) electrons. The molecule has 0 aromatic carbocycles. The largest absolute Gasteiger partial charge is 0.448 e. The summed E-state index contributed by atoms with van der Waals surface area (Å²) in [5, 5.41) is 3.03. The van der Waals surface area contributed by atoms with Gasteiger partial charge < -0.3 is 20.7 Å². The summed E-state index contributed by atoms with van der Waals surface area (Å²) in [4.78, 5) is 28.3. The standard InChI is InChI=1S/C13H20N4O3/c1-3-17(4-2)12(18)11-9-10(5-6-16-11)15-7-8-20-13(14)19/h5-6,9H,3-4,7-8H2,1-2H3,(H2,14,19)(H,15,16). The molecule has 110 valence electrons. The molecule has 0 fully saturated rings. The van der Waals surface area contributed by atoms with Crippen molar-refractivity contribution in [2.24, 2.45) is 5.73 Å². The Kier molecular flexibility index (Phi) is 6.28. The number of primary amides is 1. The molecule has 1 aromatic rings. The van der Waals surface area contributed by atoms with Gasteiger partial charge in [0, 0.05) is 31.5 Å². The molecule has 1 rings (SSSR count). The maximum atomic E-state index is 12.1. The number of ether oxygens (including phenoxy) is 1. The van der Waals surface area contributed by atoms with Crippen LogP contribution in [0.2, 0.25) is 0 Å². The van der Waals surface area contributed by atoms with Crippen LogP contribution in [0.4, 0.5) is 10.5 Å². The Morgan fingerprint density at radius 2 is 2.10 bits per heavy atom. The molecule has 0 bridgehead atoms. The second-order valence-electron chi connectivity index (χ2n) is 4.00. The summed E-state index contributed by atoms with van der Waals surface area (Å²) in [6, 6.07) is 3.41. The summed E-state index contributed by atoms with van der Waals surface area (Å²) in [5.41, 5.74) is 5.97. The first-order valence-corrected chi connectivity index (χ1v) is 6.49. The third-order valence-electron chi connectivity index (χ3n) is 2.71. The van der Waals surface area contributed by atoms with E-state index in [0.29, 0.717) is 25.3 Å². The summed E-state index contributed by atoms with van der Waals surface area (Å²) >= 11 is 0. The lowest BCUT2D eigenvalue weighted by molar-refractivity contribution is 0.0767. The highest BCUT2D eigenvalue weighted by Crippen LogP contribution is 2.10. The van der Waals surface area contributed by atoms with Crippen LogP contribution >= 0.6 is 0 Å². The molecule has 0 unspecified atom stereocenters. The smallest absolute Gasteiger partial charge is 0.404 e. The number of amides is 2. The van der Waals surface area contributed by atoms with Crippen molar-refractivity contribution in [1.82, 2.24) is 9.88 Å². The molecule has 3 N–H and O–H groups in total. The third-order valence-corrected chi connectivity index (χ3v) is 2.71. The first-order chi connectivity index (χ1) is 9.58. The zero-order valence-electron chi connectivity index (χ0n) is 11.8. The maximum Gasteiger partial charge on any atom is 0.404 e. The van der Waals surface area contributed by atoms with Gasteiger partial charge in [-0.15, -0.1) is 0 Å². The Labute approximate surface area is 118 Å². The normalized spacial score (nSPS) is 9.90. The second-order valence-corrected chi connectivity index (χ2v) is 4.00. The van der Waals surface area contributed by atoms with Crippen molar-refractivity contribution in [2.45, 2.75) is 13.8 Å². The number of hydrogen-bond donors (Lipinski definition) is 2. The first kappa shape index (κ1) is 15.7. The summed E-state index contributed by atoms with van der Waals surface area (Å²) in [5.74, 6) is -0.105. The van der Waals surface area contributed by atoms with Crippen LogP contribution < -0.4 is 11.1 Å². The van der Waals surface area contributed by atoms with E-state index in [4.69, 9.17) is 5.73 Å². The van der Waals surface area contributed by atoms with E-state index in [-0.39, 0.29) is 12.5 Å². The van der Waals surface area contributed by atoms with E-state index < -0.39 is 6.09 Å². The monoisotopic (exact) mass is 280 g/mol. The third kappa shape index (κ3) is 4.75. The number of carbonyl (C=O) groups is 2. The van der Waals surface area contributed by atoms with Gasteiger partial charge in [-0.3, -0.25) is 9.78 Å². The van der Waals surface area contributed by atoms with Crippen LogP contribution in [0.15, 0.2) is 18.3 Å². The molecule has 0 aliphatic rings. The number of rotatable bonds is 7. The molecule has 7 heteroatoms. The van der Waals surface area contributed by atoms with Crippen molar-refractivity contribution in [1.29, 1.82) is 0 Å². The molecular formula is C13H20N4O3. The molecular weight excluding hydrogens is 260 g/mol. The molecule has 1 heterocycles. The van der Waals surface area contributed by atoms with E-state index in [0.717, 1.165) is 5.69 Å². The molecule has 0 saturated carbocycles. The fraction of sp³-hybridized carbons (Fsp3) is 0.462. The molecule has 0 saturated heterocycles. The van der Waals surface area contributed by atoms with Gasteiger partial charge in [0.05, 0.1) is 0 Å². The van der Waals surface area contributed by atoms with Crippen LogP contribution in [0, 0.1) is 0 Å². The average molecular weight is 280 g/mol. The summed E-state index contributed by atoms with van der Waals surface area (Å²) in [6.45, 7) is 5.69. The Morgan fingerprint density at radius 1 is 1.40 bits per heavy atom. The fourth-order valence-corrected chi connectivity index (χ4v) is 1.68. The van der Waals surface area contributed by atoms with Crippen molar-refractivity contribution >= 4 is 17.7 Å². The molecule has 1 aromatic heterocycles. The molecule has 7 nitrogen and oxygen atoms in total. The number of hydrogen-bond acceptors (Lipinski definition) is 5. The second kappa shape index (κ2) is 7.98. The zero-order valence-corrected chi connectivity index (χ0v) is 11.8. The van der Waals surface area contributed by atoms with E-state index in [9.17, 15) is 9.59 Å². The van der Waals surface area contributed by atoms with Gasteiger partial charge in [-0.05, 0) is 26.0 Å². The number of nitrogens with zero attached hydrogens (tertiary/aromatic N) is 2. The fourth-order valence-electron chi connectivity index (χ4n) is 1.68. The van der Waals surface area contributed by atoms with Gasteiger partial charge in [0.25, 0.3) is 5.91 Å². The highest BCUT2D eigenvalue weighted by Gasteiger charge is 2.13. The Hall–Kier alpha value is -2.31. The van der Waals surface area contributed by atoms with Crippen LogP contribution in [0.25, 0.3) is 0 Å². The molecule has 2 amide bonds. The molecule has 0 aliphatic carbocycles. The van der Waals surface area contributed by atoms with E-state index >= 15 is 0 Å². The van der Waals surface area contributed by atoms with Crippen molar-refractivity contribution in [2.75, 3.05) is 31.6 Å². The van der Waals surface area contributed by atoms with Gasteiger partial charge in [-0.1, -0.05) is 0 Å². The van der Waals surface area contributed by atoms with Crippen LogP contribution in [-0.2, 0) is 4.74 Å². The Bertz CT molecular complexity index is 461. The molecule has 0 atom stereocenters. The van der Waals surface area contributed by atoms with Gasteiger partial charge in [-0.2, -0.15) is 0 Å². The topological polar surface area (TPSA) is 97.5 Å². The number of nitrogens with one attached hydrogen (secondary N) is 1. The van der Waals surface area contributed by atoms with Crippen LogP contribution in [0.3, 0.4) is 0 Å². The number of anilines is 1. The van der Waals surface area contributed by atoms with E-state index in [1.807, 2.05) is 13.8 Å². The number of pyridine rings is 1.